The highest BCUT2D eigenvalue weighted by molar-refractivity contribution is 5.77. The standard InChI is InChI=1S/C27H52O4/c1-5-7-8-9-10-11-12-13-14-15-16-17-18-19-20-23-30-26(28)21-22-27(29)31-25(6-2)24(3)4/h24-25H,5-23H2,1-4H3. The van der Waals surface area contributed by atoms with Crippen LogP contribution in [0.3, 0.4) is 0 Å². The highest BCUT2D eigenvalue weighted by Crippen LogP contribution is 2.14. The lowest BCUT2D eigenvalue weighted by Crippen LogP contribution is -2.23. The molecule has 0 N–H and O–H groups in total. The Labute approximate surface area is 193 Å². The molecule has 0 bridgehead atoms. The number of rotatable bonds is 22. The van der Waals surface area contributed by atoms with Crippen LogP contribution >= 0.6 is 0 Å². The van der Waals surface area contributed by atoms with Crippen LogP contribution in [0.4, 0.5) is 0 Å². The van der Waals surface area contributed by atoms with Crippen molar-refractivity contribution >= 4 is 11.9 Å². The van der Waals surface area contributed by atoms with Gasteiger partial charge in [0.2, 0.25) is 0 Å². The van der Waals surface area contributed by atoms with E-state index in [2.05, 4.69) is 6.92 Å². The van der Waals surface area contributed by atoms with Gasteiger partial charge in [-0.15, -0.1) is 0 Å². The lowest BCUT2D eigenvalue weighted by atomic mass is 10.0. The molecule has 0 amide bonds. The Hall–Kier alpha value is -1.06. The summed E-state index contributed by atoms with van der Waals surface area (Å²) in [7, 11) is 0. The first kappa shape index (κ1) is 29.9. The van der Waals surface area contributed by atoms with Crippen LogP contribution < -0.4 is 0 Å². The van der Waals surface area contributed by atoms with Gasteiger partial charge in [0, 0.05) is 0 Å². The van der Waals surface area contributed by atoms with Crippen LogP contribution in [0, 0.1) is 5.92 Å². The van der Waals surface area contributed by atoms with E-state index in [0.29, 0.717) is 12.5 Å². The third kappa shape index (κ3) is 20.6. The third-order valence-electron chi connectivity index (χ3n) is 5.97. The molecule has 0 aliphatic rings. The monoisotopic (exact) mass is 440 g/mol. The summed E-state index contributed by atoms with van der Waals surface area (Å²) in [5, 5.41) is 0. The van der Waals surface area contributed by atoms with Gasteiger partial charge in [-0.3, -0.25) is 9.59 Å². The van der Waals surface area contributed by atoms with E-state index in [1.54, 1.807) is 0 Å². The Balaban J connectivity index is 3.36. The molecular weight excluding hydrogens is 388 g/mol. The highest BCUT2D eigenvalue weighted by atomic mass is 16.5. The number of carbonyl (C=O) groups excluding carboxylic acids is 2. The topological polar surface area (TPSA) is 52.6 Å². The van der Waals surface area contributed by atoms with E-state index in [9.17, 15) is 9.59 Å². The normalized spacial score (nSPS) is 12.2. The number of hydrogen-bond donors (Lipinski definition) is 0. The Bertz CT molecular complexity index is 419. The molecule has 1 unspecified atom stereocenters. The van der Waals surface area contributed by atoms with Crippen molar-refractivity contribution in [3.05, 3.63) is 0 Å². The van der Waals surface area contributed by atoms with E-state index in [4.69, 9.17) is 9.47 Å². The van der Waals surface area contributed by atoms with Gasteiger partial charge in [0.05, 0.1) is 19.4 Å². The van der Waals surface area contributed by atoms with Crippen LogP contribution in [-0.4, -0.2) is 24.6 Å². The summed E-state index contributed by atoms with van der Waals surface area (Å²) in [5.74, 6) is -0.296. The lowest BCUT2D eigenvalue weighted by Gasteiger charge is -2.19. The maximum absolute atomic E-state index is 11.8. The van der Waals surface area contributed by atoms with Crippen molar-refractivity contribution in [2.45, 2.75) is 149 Å². The van der Waals surface area contributed by atoms with Crippen molar-refractivity contribution in [1.82, 2.24) is 0 Å². The predicted molar refractivity (Wildman–Crippen MR) is 130 cm³/mol. The maximum atomic E-state index is 11.8. The molecular formula is C27H52O4. The van der Waals surface area contributed by atoms with E-state index >= 15 is 0 Å². The molecule has 0 aromatic carbocycles. The molecule has 184 valence electrons. The van der Waals surface area contributed by atoms with Crippen LogP contribution in [0.5, 0.6) is 0 Å². The van der Waals surface area contributed by atoms with Crippen LogP contribution in [-0.2, 0) is 19.1 Å². The molecule has 0 aliphatic carbocycles. The highest BCUT2D eigenvalue weighted by Gasteiger charge is 2.17. The summed E-state index contributed by atoms with van der Waals surface area (Å²) >= 11 is 0. The van der Waals surface area contributed by atoms with E-state index in [0.717, 1.165) is 19.3 Å². The third-order valence-corrected chi connectivity index (χ3v) is 5.97. The Kier molecular flexibility index (Phi) is 21.4. The minimum Gasteiger partial charge on any atom is -0.466 e. The van der Waals surface area contributed by atoms with Gasteiger partial charge >= 0.3 is 11.9 Å². The summed E-state index contributed by atoms with van der Waals surface area (Å²) in [5.41, 5.74) is 0. The summed E-state index contributed by atoms with van der Waals surface area (Å²) in [6.45, 7) is 8.81. The van der Waals surface area contributed by atoms with E-state index < -0.39 is 0 Å². The maximum Gasteiger partial charge on any atom is 0.306 e. The molecule has 0 aromatic heterocycles. The van der Waals surface area contributed by atoms with Gasteiger partial charge in [-0.05, 0) is 18.8 Å². The zero-order chi connectivity index (χ0) is 23.2. The van der Waals surface area contributed by atoms with E-state index in [1.807, 2.05) is 20.8 Å². The fraction of sp³-hybridized carbons (Fsp3) is 0.926. The molecule has 31 heavy (non-hydrogen) atoms. The smallest absolute Gasteiger partial charge is 0.306 e. The Morgan fingerprint density at radius 2 is 1.03 bits per heavy atom. The van der Waals surface area contributed by atoms with Crippen LogP contribution in [0.1, 0.15) is 143 Å². The van der Waals surface area contributed by atoms with Gasteiger partial charge in [0.15, 0.2) is 0 Å². The van der Waals surface area contributed by atoms with Crippen molar-refractivity contribution in [1.29, 1.82) is 0 Å². The molecule has 4 nitrogen and oxygen atoms in total. The molecule has 0 radical (unpaired) electrons. The number of esters is 2. The van der Waals surface area contributed by atoms with Crippen molar-refractivity contribution in [3.63, 3.8) is 0 Å². The van der Waals surface area contributed by atoms with Crippen LogP contribution in [0.25, 0.3) is 0 Å². The van der Waals surface area contributed by atoms with Crippen molar-refractivity contribution in [2.75, 3.05) is 6.61 Å². The summed E-state index contributed by atoms with van der Waals surface area (Å²) in [4.78, 5) is 23.6. The van der Waals surface area contributed by atoms with Crippen molar-refractivity contribution in [2.24, 2.45) is 5.92 Å². The molecule has 0 aromatic rings. The molecule has 0 rings (SSSR count). The van der Waals surface area contributed by atoms with E-state index in [-0.39, 0.29) is 30.9 Å². The largest absolute Gasteiger partial charge is 0.466 e. The number of hydrogen-bond acceptors (Lipinski definition) is 4. The average Bonchev–Trinajstić information content (AvgIpc) is 2.75. The molecule has 0 heterocycles. The van der Waals surface area contributed by atoms with Gasteiger partial charge in [0.25, 0.3) is 0 Å². The van der Waals surface area contributed by atoms with Crippen molar-refractivity contribution in [3.8, 4) is 0 Å². The number of carbonyl (C=O) groups is 2. The summed E-state index contributed by atoms with van der Waals surface area (Å²) in [6.07, 6.45) is 20.8. The van der Waals surface area contributed by atoms with Gasteiger partial charge in [-0.25, -0.2) is 0 Å². The lowest BCUT2D eigenvalue weighted by molar-refractivity contribution is -0.155. The first-order valence-corrected chi connectivity index (χ1v) is 13.4. The first-order valence-electron chi connectivity index (χ1n) is 13.4. The molecule has 0 spiro atoms. The Morgan fingerprint density at radius 3 is 1.45 bits per heavy atom. The summed E-state index contributed by atoms with van der Waals surface area (Å²) in [6, 6.07) is 0. The number of unbranched alkanes of at least 4 members (excludes halogenated alkanes) is 14. The second-order valence-electron chi connectivity index (χ2n) is 9.35. The fourth-order valence-corrected chi connectivity index (χ4v) is 3.85. The van der Waals surface area contributed by atoms with Crippen LogP contribution in [0.15, 0.2) is 0 Å². The average molecular weight is 441 g/mol. The van der Waals surface area contributed by atoms with Gasteiger partial charge < -0.3 is 9.47 Å². The quantitative estimate of drug-likeness (QED) is 0.126. The number of ether oxygens (including phenoxy) is 2. The van der Waals surface area contributed by atoms with Gasteiger partial charge in [-0.1, -0.05) is 118 Å². The first-order chi connectivity index (χ1) is 15.0. The molecule has 4 heteroatoms. The van der Waals surface area contributed by atoms with Gasteiger partial charge in [0.1, 0.15) is 6.10 Å². The summed E-state index contributed by atoms with van der Waals surface area (Å²) < 4.78 is 10.6. The SMILES string of the molecule is CCCCCCCCCCCCCCCCCOC(=O)CCC(=O)OC(CC)C(C)C. The zero-order valence-electron chi connectivity index (χ0n) is 21.2. The zero-order valence-corrected chi connectivity index (χ0v) is 21.2. The van der Waals surface area contributed by atoms with E-state index in [1.165, 1.54) is 83.5 Å². The minimum absolute atomic E-state index is 0.0659. The molecule has 0 aliphatic heterocycles. The second-order valence-corrected chi connectivity index (χ2v) is 9.35. The van der Waals surface area contributed by atoms with Crippen molar-refractivity contribution < 1.29 is 19.1 Å². The van der Waals surface area contributed by atoms with Gasteiger partial charge in [-0.2, -0.15) is 0 Å². The fourth-order valence-electron chi connectivity index (χ4n) is 3.85. The predicted octanol–water partition coefficient (Wildman–Crippen LogP) is 8.16. The molecule has 0 saturated carbocycles. The molecule has 0 fully saturated rings. The van der Waals surface area contributed by atoms with Crippen LogP contribution in [0.2, 0.25) is 0 Å². The Morgan fingerprint density at radius 1 is 0.613 bits per heavy atom. The minimum atomic E-state index is -0.301. The molecule has 1 atom stereocenters. The second kappa shape index (κ2) is 22.1. The molecule has 0 saturated heterocycles.